The molecule has 140 valence electrons. The van der Waals surface area contributed by atoms with Crippen molar-refractivity contribution in [3.8, 4) is 0 Å². The Bertz CT molecular complexity index is 943. The molecular formula is C15H16ClN3O5S2. The Morgan fingerprint density at radius 3 is 2.65 bits per heavy atom. The van der Waals surface area contributed by atoms with Crippen molar-refractivity contribution in [3.63, 3.8) is 0 Å². The zero-order valence-corrected chi connectivity index (χ0v) is 16.3. The molecule has 8 nitrogen and oxygen atoms in total. The Morgan fingerprint density at radius 1 is 1.38 bits per heavy atom. The minimum atomic E-state index is -3.97. The number of hydrogen-bond donors (Lipinski definition) is 1. The molecule has 11 heteroatoms. The van der Waals surface area contributed by atoms with Crippen molar-refractivity contribution in [2.45, 2.75) is 25.3 Å². The van der Waals surface area contributed by atoms with Crippen molar-refractivity contribution in [3.05, 3.63) is 39.9 Å². The minimum Gasteiger partial charge on any atom is -0.456 e. The van der Waals surface area contributed by atoms with Crippen molar-refractivity contribution < 1.29 is 22.7 Å². The van der Waals surface area contributed by atoms with E-state index in [1.54, 1.807) is 5.38 Å². The molecule has 0 aliphatic carbocycles. The first-order chi connectivity index (χ1) is 12.1. The molecule has 1 heterocycles. The molecule has 0 saturated heterocycles. The second-order valence-corrected chi connectivity index (χ2v) is 7.95. The van der Waals surface area contributed by atoms with E-state index in [0.717, 1.165) is 6.07 Å². The van der Waals surface area contributed by atoms with Gasteiger partial charge in [-0.25, -0.2) is 23.3 Å². The fourth-order valence-corrected chi connectivity index (χ4v) is 3.69. The maximum atomic E-state index is 12.2. The molecule has 0 aliphatic heterocycles. The molecule has 0 saturated carbocycles. The quantitative estimate of drug-likeness (QED) is 0.719. The van der Waals surface area contributed by atoms with Crippen LogP contribution in [0.2, 0.25) is 5.02 Å². The number of halogens is 1. The largest absolute Gasteiger partial charge is 0.456 e. The third-order valence-corrected chi connectivity index (χ3v) is 5.46. The molecule has 0 radical (unpaired) electrons. The number of primary sulfonamides is 1. The summed E-state index contributed by atoms with van der Waals surface area (Å²) in [5.74, 6) is -0.953. The fraction of sp³-hybridized carbons (Fsp3) is 0.267. The number of nitrogens with two attached hydrogens (primary N) is 1. The summed E-state index contributed by atoms with van der Waals surface area (Å²) in [5, 5.41) is 7.25. The molecule has 0 bridgehead atoms. The first-order valence-electron chi connectivity index (χ1n) is 7.35. The average Bonchev–Trinajstić information content (AvgIpc) is 3.00. The number of carbonyl (C=O) groups is 2. The molecule has 2 aromatic rings. The highest BCUT2D eigenvalue weighted by atomic mass is 35.5. The number of sulfonamides is 1. The van der Waals surface area contributed by atoms with Crippen LogP contribution in [-0.4, -0.2) is 31.8 Å². The second-order valence-electron chi connectivity index (χ2n) is 5.15. The number of aromatic nitrogens is 1. The average molecular weight is 418 g/mol. The number of anilines is 1. The first-order valence-corrected chi connectivity index (χ1v) is 10.2. The van der Waals surface area contributed by atoms with Gasteiger partial charge in [0.15, 0.2) is 5.13 Å². The highest BCUT2D eigenvalue weighted by Gasteiger charge is 2.18. The molecule has 1 amide bonds. The van der Waals surface area contributed by atoms with Gasteiger partial charge < -0.3 is 4.74 Å². The highest BCUT2D eigenvalue weighted by Crippen LogP contribution is 2.23. The van der Waals surface area contributed by atoms with Crippen LogP contribution in [0, 0.1) is 0 Å². The maximum Gasteiger partial charge on any atom is 0.340 e. The predicted molar refractivity (Wildman–Crippen MR) is 97.8 cm³/mol. The Morgan fingerprint density at radius 2 is 2.08 bits per heavy atom. The van der Waals surface area contributed by atoms with E-state index >= 15 is 0 Å². The molecule has 0 unspecified atom stereocenters. The van der Waals surface area contributed by atoms with Crippen LogP contribution >= 0.6 is 22.9 Å². The summed E-state index contributed by atoms with van der Waals surface area (Å²) in [6, 6.07) is 3.51. The zero-order chi connectivity index (χ0) is 19.5. The van der Waals surface area contributed by atoms with Crippen molar-refractivity contribution in [1.29, 1.82) is 0 Å². The second kappa shape index (κ2) is 8.12. The summed E-state index contributed by atoms with van der Waals surface area (Å²) >= 11 is 7.18. The fourth-order valence-electron chi connectivity index (χ4n) is 2.03. The van der Waals surface area contributed by atoms with Crippen LogP contribution < -0.4 is 10.0 Å². The van der Waals surface area contributed by atoms with Gasteiger partial charge in [-0.15, -0.1) is 11.3 Å². The van der Waals surface area contributed by atoms with Gasteiger partial charge in [-0.1, -0.05) is 11.6 Å². The number of esters is 1. The van der Waals surface area contributed by atoms with E-state index in [4.69, 9.17) is 21.5 Å². The molecule has 26 heavy (non-hydrogen) atoms. The third kappa shape index (κ3) is 4.79. The number of benzene rings is 1. The number of thiazole rings is 1. The van der Waals surface area contributed by atoms with Crippen molar-refractivity contribution in [2.75, 3.05) is 11.4 Å². The van der Waals surface area contributed by atoms with E-state index in [1.807, 2.05) is 6.92 Å². The molecule has 0 spiro atoms. The van der Waals surface area contributed by atoms with Crippen LogP contribution in [0.4, 0.5) is 5.13 Å². The van der Waals surface area contributed by atoms with Gasteiger partial charge in [0.25, 0.3) is 0 Å². The monoisotopic (exact) mass is 417 g/mol. The summed E-state index contributed by atoms with van der Waals surface area (Å²) in [7, 11) is -3.97. The molecular weight excluding hydrogens is 402 g/mol. The number of ether oxygens (including phenoxy) is 1. The van der Waals surface area contributed by atoms with Crippen LogP contribution in [0.5, 0.6) is 0 Å². The molecule has 1 aromatic heterocycles. The zero-order valence-electron chi connectivity index (χ0n) is 13.9. The van der Waals surface area contributed by atoms with Gasteiger partial charge in [-0.05, 0) is 25.1 Å². The standard InChI is InChI=1S/C15H16ClN3O5S2/c1-3-19(9(2)20)15-18-10(8-25-15)7-24-14(21)12-6-11(26(17,22)23)4-5-13(12)16/h4-6,8H,3,7H2,1-2H3,(H2,17,22,23). The highest BCUT2D eigenvalue weighted by molar-refractivity contribution is 7.89. The van der Waals surface area contributed by atoms with E-state index in [1.165, 1.54) is 35.3 Å². The lowest BCUT2D eigenvalue weighted by Gasteiger charge is -2.14. The normalized spacial score (nSPS) is 11.2. The predicted octanol–water partition coefficient (Wildman–Crippen LogP) is 2.17. The Labute approximate surface area is 159 Å². The van der Waals surface area contributed by atoms with Crippen molar-refractivity contribution >= 4 is 50.0 Å². The van der Waals surface area contributed by atoms with E-state index < -0.39 is 16.0 Å². The number of nitrogens with zero attached hydrogens (tertiary/aromatic N) is 2. The summed E-state index contributed by atoms with van der Waals surface area (Å²) < 4.78 is 27.9. The first kappa shape index (κ1) is 20.3. The maximum absolute atomic E-state index is 12.2. The number of amides is 1. The summed E-state index contributed by atoms with van der Waals surface area (Å²) in [5.41, 5.74) is 0.337. The lowest BCUT2D eigenvalue weighted by Crippen LogP contribution is -2.27. The summed E-state index contributed by atoms with van der Waals surface area (Å²) in [6.07, 6.45) is 0. The van der Waals surface area contributed by atoms with Crippen molar-refractivity contribution in [2.24, 2.45) is 5.14 Å². The lowest BCUT2D eigenvalue weighted by atomic mass is 10.2. The Hall–Kier alpha value is -2.01. The third-order valence-electron chi connectivity index (χ3n) is 3.30. The van der Waals surface area contributed by atoms with Gasteiger partial charge in [-0.2, -0.15) is 0 Å². The smallest absolute Gasteiger partial charge is 0.340 e. The Kier molecular flexibility index (Phi) is 6.34. The molecule has 2 rings (SSSR count). The molecule has 0 aliphatic rings. The van der Waals surface area contributed by atoms with Crippen molar-refractivity contribution in [1.82, 2.24) is 4.98 Å². The van der Waals surface area contributed by atoms with Crippen LogP contribution in [0.25, 0.3) is 0 Å². The topological polar surface area (TPSA) is 120 Å². The van der Waals surface area contributed by atoms with Crippen LogP contribution in [0.15, 0.2) is 28.5 Å². The van der Waals surface area contributed by atoms with E-state index in [0.29, 0.717) is 17.4 Å². The van der Waals surface area contributed by atoms with Gasteiger partial charge in [0.1, 0.15) is 6.61 Å². The molecule has 0 fully saturated rings. The molecule has 1 aromatic carbocycles. The summed E-state index contributed by atoms with van der Waals surface area (Å²) in [4.78, 5) is 29.2. The lowest BCUT2D eigenvalue weighted by molar-refractivity contribution is -0.116. The van der Waals surface area contributed by atoms with Gasteiger partial charge in [-0.3, -0.25) is 9.69 Å². The Balaban J connectivity index is 2.12. The van der Waals surface area contributed by atoms with Crippen LogP contribution in [-0.2, 0) is 26.2 Å². The minimum absolute atomic E-state index is 0.0371. The SMILES string of the molecule is CCN(C(C)=O)c1nc(COC(=O)c2cc(S(N)(=O)=O)ccc2Cl)cs1. The number of rotatable bonds is 6. The van der Waals surface area contributed by atoms with Gasteiger partial charge in [0.05, 0.1) is 21.2 Å². The number of hydrogen-bond acceptors (Lipinski definition) is 7. The van der Waals surface area contributed by atoms with E-state index in [-0.39, 0.29) is 28.0 Å². The van der Waals surface area contributed by atoms with Gasteiger partial charge in [0.2, 0.25) is 15.9 Å². The van der Waals surface area contributed by atoms with E-state index in [9.17, 15) is 18.0 Å². The van der Waals surface area contributed by atoms with Crippen LogP contribution in [0.1, 0.15) is 29.9 Å². The van der Waals surface area contributed by atoms with Crippen LogP contribution in [0.3, 0.4) is 0 Å². The van der Waals surface area contributed by atoms with Gasteiger partial charge >= 0.3 is 5.97 Å². The van der Waals surface area contributed by atoms with Gasteiger partial charge in [0, 0.05) is 18.8 Å². The van der Waals surface area contributed by atoms with E-state index in [2.05, 4.69) is 4.98 Å². The molecule has 0 atom stereocenters. The molecule has 2 N–H and O–H groups in total. The summed E-state index contributed by atoms with van der Waals surface area (Å²) in [6.45, 7) is 3.58. The number of carbonyl (C=O) groups excluding carboxylic acids is 2.